The van der Waals surface area contributed by atoms with Crippen LogP contribution in [0.1, 0.15) is 20.7 Å². The molecule has 6 N–H and O–H groups in total. The van der Waals surface area contributed by atoms with Crippen molar-refractivity contribution in [2.45, 2.75) is 0 Å². The summed E-state index contributed by atoms with van der Waals surface area (Å²) in [4.78, 5) is 21.2. The maximum Gasteiger partial charge on any atom is 0.336 e. The highest BCUT2D eigenvalue weighted by molar-refractivity contribution is 6.04. The topological polar surface area (TPSA) is 115 Å². The molecule has 1 aromatic rings. The fourth-order valence-electron chi connectivity index (χ4n) is 0.953. The van der Waals surface area contributed by atoms with Gasteiger partial charge in [-0.05, 0) is 12.1 Å². The van der Waals surface area contributed by atoms with Gasteiger partial charge in [-0.2, -0.15) is 0 Å². The zero-order valence-corrected chi connectivity index (χ0v) is 7.16. The fourth-order valence-corrected chi connectivity index (χ4v) is 0.953. The van der Waals surface area contributed by atoms with Gasteiger partial charge in [0.1, 0.15) is 5.82 Å². The number of benzene rings is 1. The number of primary amides is 1. The lowest BCUT2D eigenvalue weighted by Crippen LogP contribution is -2.18. The second-order valence-electron chi connectivity index (χ2n) is 2.33. The molecule has 0 unspecified atom stereocenters. The number of aromatic carboxylic acids is 1. The van der Waals surface area contributed by atoms with Crippen molar-refractivity contribution in [2.24, 2.45) is 5.73 Å². The van der Waals surface area contributed by atoms with Crippen LogP contribution in [0.3, 0.4) is 0 Å². The highest BCUT2D eigenvalue weighted by Gasteiger charge is 2.17. The quantitative estimate of drug-likeness (QED) is 0.654. The van der Waals surface area contributed by atoms with E-state index in [-0.39, 0.29) is 6.15 Å². The summed E-state index contributed by atoms with van der Waals surface area (Å²) in [5.41, 5.74) is 3.80. The zero-order chi connectivity index (χ0) is 10.0. The Morgan fingerprint density at radius 3 is 2.29 bits per heavy atom. The number of carbonyl (C=O) groups is 2. The maximum absolute atomic E-state index is 12.9. The van der Waals surface area contributed by atoms with Gasteiger partial charge >= 0.3 is 5.97 Å². The van der Waals surface area contributed by atoms with Crippen LogP contribution in [0.25, 0.3) is 0 Å². The third-order valence-corrected chi connectivity index (χ3v) is 1.49. The second-order valence-corrected chi connectivity index (χ2v) is 2.33. The summed E-state index contributed by atoms with van der Waals surface area (Å²) in [5.74, 6) is -3.39. The molecule has 1 aromatic carbocycles. The number of rotatable bonds is 2. The molecule has 76 valence electrons. The molecule has 1 amide bonds. The molecule has 0 aromatic heterocycles. The average Bonchev–Trinajstić information content (AvgIpc) is 2.02. The van der Waals surface area contributed by atoms with Gasteiger partial charge in [0.2, 0.25) is 0 Å². The van der Waals surface area contributed by atoms with E-state index in [1.54, 1.807) is 0 Å². The minimum Gasteiger partial charge on any atom is -0.478 e. The van der Waals surface area contributed by atoms with Crippen molar-refractivity contribution in [3.63, 3.8) is 0 Å². The van der Waals surface area contributed by atoms with Gasteiger partial charge in [0.25, 0.3) is 5.91 Å². The molecule has 1 rings (SSSR count). The van der Waals surface area contributed by atoms with Crippen LogP contribution in [0, 0.1) is 5.82 Å². The van der Waals surface area contributed by atoms with Gasteiger partial charge in [-0.3, -0.25) is 4.79 Å². The lowest BCUT2D eigenvalue weighted by molar-refractivity contribution is 0.0691. The number of nitrogens with two attached hydrogens (primary N) is 1. The lowest BCUT2D eigenvalue weighted by atomic mass is 10.1. The van der Waals surface area contributed by atoms with E-state index in [0.717, 1.165) is 12.1 Å². The molecule has 0 aliphatic carbocycles. The average molecular weight is 200 g/mol. The van der Waals surface area contributed by atoms with Gasteiger partial charge in [-0.15, -0.1) is 0 Å². The molecule has 0 heterocycles. The fraction of sp³-hybridized carbons (Fsp3) is 0. The zero-order valence-electron chi connectivity index (χ0n) is 7.16. The minimum atomic E-state index is -1.38. The van der Waals surface area contributed by atoms with Crippen molar-refractivity contribution < 1.29 is 19.1 Å². The van der Waals surface area contributed by atoms with Gasteiger partial charge in [0, 0.05) is 0 Å². The summed E-state index contributed by atoms with van der Waals surface area (Å²) < 4.78 is 12.9. The maximum atomic E-state index is 12.9. The van der Waals surface area contributed by atoms with Crippen LogP contribution < -0.4 is 11.9 Å². The number of carboxylic acids is 1. The smallest absolute Gasteiger partial charge is 0.336 e. The van der Waals surface area contributed by atoms with Crippen molar-refractivity contribution in [2.75, 3.05) is 0 Å². The summed E-state index contributed by atoms with van der Waals surface area (Å²) in [7, 11) is 0. The summed E-state index contributed by atoms with van der Waals surface area (Å²) in [6, 6.07) is 3.29. The molecule has 0 radical (unpaired) electrons. The first kappa shape index (κ1) is 12.0. The Kier molecular flexibility index (Phi) is 3.73. The lowest BCUT2D eigenvalue weighted by Gasteiger charge is -2.01. The first-order valence-electron chi connectivity index (χ1n) is 3.35. The monoisotopic (exact) mass is 200 g/mol. The summed E-state index contributed by atoms with van der Waals surface area (Å²) in [6.07, 6.45) is 0. The minimum absolute atomic E-state index is 0. The van der Waals surface area contributed by atoms with Crippen LogP contribution in [-0.2, 0) is 0 Å². The summed E-state index contributed by atoms with van der Waals surface area (Å²) in [5, 5.41) is 8.56. The number of hydrogen-bond acceptors (Lipinski definition) is 3. The van der Waals surface area contributed by atoms with Crippen molar-refractivity contribution in [1.82, 2.24) is 6.15 Å². The Labute approximate surface area is 78.9 Å². The van der Waals surface area contributed by atoms with E-state index >= 15 is 0 Å². The standard InChI is InChI=1S/C8H6FNO3.H3N/c9-5-3-1-2-4(8(12)13)6(5)7(10)11;/h1-3H,(H2,10,11)(H,12,13);1H3. The first-order chi connectivity index (χ1) is 6.04. The number of hydrogen-bond donors (Lipinski definition) is 3. The largest absolute Gasteiger partial charge is 0.478 e. The molecule has 0 atom stereocenters. The van der Waals surface area contributed by atoms with E-state index in [2.05, 4.69) is 0 Å². The van der Waals surface area contributed by atoms with E-state index < -0.39 is 28.8 Å². The normalized spacial score (nSPS) is 8.93. The number of halogens is 1. The third-order valence-electron chi connectivity index (χ3n) is 1.49. The van der Waals surface area contributed by atoms with Gasteiger partial charge < -0.3 is 17.0 Å². The molecule has 14 heavy (non-hydrogen) atoms. The van der Waals surface area contributed by atoms with Crippen LogP contribution in [0.2, 0.25) is 0 Å². The summed E-state index contributed by atoms with van der Waals surface area (Å²) >= 11 is 0. The predicted octanol–water partition coefficient (Wildman–Crippen LogP) is 0.785. The molecule has 0 spiro atoms. The van der Waals surface area contributed by atoms with Gasteiger partial charge in [-0.25, -0.2) is 9.18 Å². The molecular formula is C8H9FN2O3. The van der Waals surface area contributed by atoms with E-state index in [1.807, 2.05) is 0 Å². The molecule has 0 aliphatic heterocycles. The van der Waals surface area contributed by atoms with Crippen LogP contribution in [-0.4, -0.2) is 17.0 Å². The molecular weight excluding hydrogens is 191 g/mol. The number of amides is 1. The first-order valence-corrected chi connectivity index (χ1v) is 3.35. The van der Waals surface area contributed by atoms with Crippen LogP contribution in [0.5, 0.6) is 0 Å². The predicted molar refractivity (Wildman–Crippen MR) is 46.9 cm³/mol. The van der Waals surface area contributed by atoms with Crippen molar-refractivity contribution in [3.8, 4) is 0 Å². The Balaban J connectivity index is 0.00000169. The highest BCUT2D eigenvalue weighted by Crippen LogP contribution is 2.12. The summed E-state index contributed by atoms with van der Waals surface area (Å²) in [6.45, 7) is 0. The molecule has 0 saturated heterocycles. The van der Waals surface area contributed by atoms with Crippen molar-refractivity contribution >= 4 is 11.9 Å². The second kappa shape index (κ2) is 4.33. The van der Waals surface area contributed by atoms with Gasteiger partial charge in [0.15, 0.2) is 0 Å². The van der Waals surface area contributed by atoms with E-state index in [4.69, 9.17) is 10.8 Å². The SMILES string of the molecule is N.NC(=O)c1c(F)cccc1C(=O)O. The van der Waals surface area contributed by atoms with E-state index in [1.165, 1.54) is 6.07 Å². The Morgan fingerprint density at radius 1 is 1.36 bits per heavy atom. The van der Waals surface area contributed by atoms with Crippen molar-refractivity contribution in [1.29, 1.82) is 0 Å². The van der Waals surface area contributed by atoms with Crippen molar-refractivity contribution in [3.05, 3.63) is 35.1 Å². The molecule has 0 saturated carbocycles. The van der Waals surface area contributed by atoms with Gasteiger partial charge in [-0.1, -0.05) is 6.07 Å². The van der Waals surface area contributed by atoms with Crippen LogP contribution in [0.15, 0.2) is 18.2 Å². The Morgan fingerprint density at radius 2 is 1.93 bits per heavy atom. The van der Waals surface area contributed by atoms with Crippen LogP contribution in [0.4, 0.5) is 4.39 Å². The Hall–Kier alpha value is -1.95. The molecule has 0 aliphatic rings. The molecule has 0 fully saturated rings. The van der Waals surface area contributed by atoms with Crippen LogP contribution >= 0.6 is 0 Å². The molecule has 6 heteroatoms. The Bertz CT molecular complexity index is 379. The van der Waals surface area contributed by atoms with Gasteiger partial charge in [0.05, 0.1) is 11.1 Å². The molecule has 5 nitrogen and oxygen atoms in total. The van der Waals surface area contributed by atoms with E-state index in [9.17, 15) is 14.0 Å². The number of carboxylic acid groups (broad SMARTS) is 1. The van der Waals surface area contributed by atoms with E-state index in [0.29, 0.717) is 0 Å². The highest BCUT2D eigenvalue weighted by atomic mass is 19.1. The third kappa shape index (κ3) is 2.05. The molecule has 0 bridgehead atoms. The number of carbonyl (C=O) groups excluding carboxylic acids is 1.